The number of sulfonamides is 1. The third-order valence-electron chi connectivity index (χ3n) is 4.37. The van der Waals surface area contributed by atoms with Crippen molar-refractivity contribution in [3.8, 4) is 0 Å². The van der Waals surface area contributed by atoms with Gasteiger partial charge in [0.05, 0.1) is 10.6 Å². The molecule has 31 heavy (non-hydrogen) atoms. The molecule has 5 nitrogen and oxygen atoms in total. The number of anilines is 1. The van der Waals surface area contributed by atoms with Crippen LogP contribution < -0.4 is 9.62 Å². The Morgan fingerprint density at radius 1 is 0.935 bits per heavy atom. The minimum Gasteiger partial charge on any atom is -0.354 e. The van der Waals surface area contributed by atoms with Gasteiger partial charge < -0.3 is 5.32 Å². The fourth-order valence-corrected chi connectivity index (χ4v) is 5.35. The summed E-state index contributed by atoms with van der Waals surface area (Å²) in [5, 5.41) is 3.21. The highest BCUT2D eigenvalue weighted by Crippen LogP contribution is 2.26. The summed E-state index contributed by atoms with van der Waals surface area (Å²) < 4.78 is 27.5. The first-order chi connectivity index (χ1) is 15.0. The second-order valence-corrected chi connectivity index (χ2v) is 10.1. The predicted molar refractivity (Wildman–Crippen MR) is 127 cm³/mol. The second kappa shape index (κ2) is 11.2. The average Bonchev–Trinajstić information content (AvgIpc) is 2.78. The summed E-state index contributed by atoms with van der Waals surface area (Å²) in [5.41, 5.74) is 0.339. The van der Waals surface area contributed by atoms with Crippen LogP contribution in [0.2, 0.25) is 5.02 Å². The molecule has 1 N–H and O–H groups in total. The number of nitrogens with zero attached hydrogens (tertiary/aromatic N) is 1. The molecule has 0 fully saturated rings. The Kier molecular flexibility index (Phi) is 8.40. The zero-order valence-corrected chi connectivity index (χ0v) is 19.2. The summed E-state index contributed by atoms with van der Waals surface area (Å²) in [6.45, 7) is 0.136. The number of rotatable bonds is 10. The smallest absolute Gasteiger partial charge is 0.264 e. The molecule has 0 radical (unpaired) electrons. The summed E-state index contributed by atoms with van der Waals surface area (Å²) in [5.74, 6) is 0.481. The first kappa shape index (κ1) is 23.2. The van der Waals surface area contributed by atoms with Gasteiger partial charge in [0.1, 0.15) is 6.54 Å². The molecular weight excluding hydrogens is 452 g/mol. The summed E-state index contributed by atoms with van der Waals surface area (Å²) in [7, 11) is -3.93. The Morgan fingerprint density at radius 2 is 1.61 bits per heavy atom. The molecule has 0 saturated carbocycles. The van der Waals surface area contributed by atoms with E-state index in [1.807, 2.05) is 30.3 Å². The van der Waals surface area contributed by atoms with E-state index in [0.717, 1.165) is 16.5 Å². The van der Waals surface area contributed by atoms with Crippen LogP contribution in [-0.4, -0.2) is 33.2 Å². The monoisotopic (exact) mass is 474 g/mol. The van der Waals surface area contributed by atoms with Gasteiger partial charge in [0, 0.05) is 16.5 Å². The Morgan fingerprint density at radius 3 is 2.29 bits per heavy atom. The first-order valence-electron chi connectivity index (χ1n) is 9.75. The standard InChI is InChI=1S/C23H23ClN2O3S2/c24-19-9-7-10-20(17-19)26(31(28,29)22-13-5-2-6-14-22)18-23(27)25-15-8-16-30-21-11-3-1-4-12-21/h1-7,9-14,17H,8,15-16,18H2,(H,25,27). The quantitative estimate of drug-likeness (QED) is 0.337. The van der Waals surface area contributed by atoms with E-state index in [-0.39, 0.29) is 17.3 Å². The lowest BCUT2D eigenvalue weighted by molar-refractivity contribution is -0.119. The molecule has 0 aliphatic heterocycles. The van der Waals surface area contributed by atoms with Crippen molar-refractivity contribution in [3.63, 3.8) is 0 Å². The molecule has 3 aromatic carbocycles. The van der Waals surface area contributed by atoms with E-state index in [2.05, 4.69) is 5.32 Å². The SMILES string of the molecule is O=C(CN(c1cccc(Cl)c1)S(=O)(=O)c1ccccc1)NCCCSc1ccccc1. The molecule has 3 aromatic rings. The lowest BCUT2D eigenvalue weighted by Crippen LogP contribution is -2.41. The number of carbonyl (C=O) groups excluding carboxylic acids is 1. The number of amides is 1. The number of hydrogen-bond acceptors (Lipinski definition) is 4. The minimum absolute atomic E-state index is 0.113. The number of nitrogens with one attached hydrogen (secondary N) is 1. The lowest BCUT2D eigenvalue weighted by Gasteiger charge is -2.24. The Bertz CT molecular complexity index is 1090. The minimum atomic E-state index is -3.93. The van der Waals surface area contributed by atoms with Crippen molar-refractivity contribution in [3.05, 3.63) is 90.0 Å². The normalized spacial score (nSPS) is 11.1. The largest absolute Gasteiger partial charge is 0.354 e. The molecule has 0 heterocycles. The van der Waals surface area contributed by atoms with E-state index in [1.165, 1.54) is 23.1 Å². The predicted octanol–water partition coefficient (Wildman–Crippen LogP) is 4.83. The Labute approximate surface area is 192 Å². The number of thioether (sulfide) groups is 1. The first-order valence-corrected chi connectivity index (χ1v) is 12.5. The Balaban J connectivity index is 1.64. The van der Waals surface area contributed by atoms with Gasteiger partial charge in [0.2, 0.25) is 5.91 Å². The molecule has 0 bridgehead atoms. The van der Waals surface area contributed by atoms with Gasteiger partial charge in [-0.05, 0) is 54.6 Å². The lowest BCUT2D eigenvalue weighted by atomic mass is 10.3. The van der Waals surface area contributed by atoms with Crippen molar-refractivity contribution in [2.24, 2.45) is 0 Å². The number of halogens is 1. The van der Waals surface area contributed by atoms with Crippen LogP contribution in [-0.2, 0) is 14.8 Å². The van der Waals surface area contributed by atoms with Crippen LogP contribution in [0.25, 0.3) is 0 Å². The highest BCUT2D eigenvalue weighted by molar-refractivity contribution is 7.99. The maximum atomic E-state index is 13.2. The highest BCUT2D eigenvalue weighted by atomic mass is 35.5. The molecule has 3 rings (SSSR count). The molecule has 1 amide bonds. The van der Waals surface area contributed by atoms with Crippen molar-refractivity contribution in [1.82, 2.24) is 5.32 Å². The van der Waals surface area contributed by atoms with E-state index < -0.39 is 10.0 Å². The molecule has 8 heteroatoms. The summed E-state index contributed by atoms with van der Waals surface area (Å²) >= 11 is 7.78. The van der Waals surface area contributed by atoms with E-state index in [1.54, 1.807) is 48.2 Å². The summed E-state index contributed by atoms with van der Waals surface area (Å²) in [6, 6.07) is 24.5. The number of benzene rings is 3. The van der Waals surface area contributed by atoms with Gasteiger partial charge in [-0.1, -0.05) is 54.1 Å². The number of carbonyl (C=O) groups is 1. The summed E-state index contributed by atoms with van der Waals surface area (Å²) in [4.78, 5) is 13.9. The zero-order valence-electron chi connectivity index (χ0n) is 16.8. The fourth-order valence-electron chi connectivity index (χ4n) is 2.86. The van der Waals surface area contributed by atoms with Crippen LogP contribution in [0, 0.1) is 0 Å². The van der Waals surface area contributed by atoms with E-state index in [4.69, 9.17) is 11.6 Å². The molecule has 0 aromatic heterocycles. The van der Waals surface area contributed by atoms with Gasteiger partial charge in [-0.15, -0.1) is 11.8 Å². The maximum Gasteiger partial charge on any atom is 0.264 e. The van der Waals surface area contributed by atoms with Gasteiger partial charge in [-0.3, -0.25) is 9.10 Å². The molecule has 0 unspecified atom stereocenters. The van der Waals surface area contributed by atoms with Crippen molar-refractivity contribution >= 4 is 45.0 Å². The number of hydrogen-bond donors (Lipinski definition) is 1. The second-order valence-electron chi connectivity index (χ2n) is 6.67. The molecule has 0 spiro atoms. The van der Waals surface area contributed by atoms with Gasteiger partial charge in [0.15, 0.2) is 0 Å². The van der Waals surface area contributed by atoms with Crippen LogP contribution in [0.5, 0.6) is 0 Å². The molecule has 0 aliphatic carbocycles. The topological polar surface area (TPSA) is 66.5 Å². The molecule has 0 atom stereocenters. The van der Waals surface area contributed by atoms with Gasteiger partial charge in [-0.2, -0.15) is 0 Å². The third-order valence-corrected chi connectivity index (χ3v) is 7.49. The van der Waals surface area contributed by atoms with Crippen LogP contribution in [0.4, 0.5) is 5.69 Å². The molecule has 0 aliphatic rings. The van der Waals surface area contributed by atoms with Crippen molar-refractivity contribution < 1.29 is 13.2 Å². The van der Waals surface area contributed by atoms with Crippen LogP contribution in [0.3, 0.4) is 0 Å². The zero-order chi connectivity index (χ0) is 22.1. The average molecular weight is 475 g/mol. The van der Waals surface area contributed by atoms with E-state index in [0.29, 0.717) is 17.3 Å². The van der Waals surface area contributed by atoms with E-state index >= 15 is 0 Å². The van der Waals surface area contributed by atoms with Crippen LogP contribution >= 0.6 is 23.4 Å². The maximum absolute atomic E-state index is 13.2. The van der Waals surface area contributed by atoms with Crippen molar-refractivity contribution in [2.75, 3.05) is 23.1 Å². The molecular formula is C23H23ClN2O3S2. The molecule has 162 valence electrons. The van der Waals surface area contributed by atoms with Gasteiger partial charge in [-0.25, -0.2) is 8.42 Å². The van der Waals surface area contributed by atoms with Crippen molar-refractivity contribution in [1.29, 1.82) is 0 Å². The third kappa shape index (κ3) is 6.75. The van der Waals surface area contributed by atoms with Gasteiger partial charge >= 0.3 is 0 Å². The van der Waals surface area contributed by atoms with Crippen molar-refractivity contribution in [2.45, 2.75) is 16.2 Å². The van der Waals surface area contributed by atoms with Crippen LogP contribution in [0.15, 0.2) is 94.7 Å². The van der Waals surface area contributed by atoms with E-state index in [9.17, 15) is 13.2 Å². The fraction of sp³-hybridized carbons (Fsp3) is 0.174. The van der Waals surface area contributed by atoms with Gasteiger partial charge in [0.25, 0.3) is 10.0 Å². The van der Waals surface area contributed by atoms with Crippen LogP contribution in [0.1, 0.15) is 6.42 Å². The molecule has 0 saturated heterocycles. The highest BCUT2D eigenvalue weighted by Gasteiger charge is 2.27. The summed E-state index contributed by atoms with van der Waals surface area (Å²) in [6.07, 6.45) is 0.772. The Hall–Kier alpha value is -2.48.